The fourth-order valence-electron chi connectivity index (χ4n) is 2.61. The van der Waals surface area contributed by atoms with Crippen molar-refractivity contribution in [3.8, 4) is 5.82 Å². The maximum atomic E-state index is 12.6. The Morgan fingerprint density at radius 2 is 1.96 bits per heavy atom. The third kappa shape index (κ3) is 3.65. The molecule has 144 valence electrons. The molecule has 9 nitrogen and oxygen atoms in total. The molecule has 0 radical (unpaired) electrons. The highest BCUT2D eigenvalue weighted by Gasteiger charge is 2.18. The summed E-state index contributed by atoms with van der Waals surface area (Å²) in [6.45, 7) is 5.26. The summed E-state index contributed by atoms with van der Waals surface area (Å²) in [5, 5.41) is 17.8. The zero-order valence-electron chi connectivity index (χ0n) is 15.2. The van der Waals surface area contributed by atoms with Crippen molar-refractivity contribution >= 4 is 29.0 Å². The van der Waals surface area contributed by atoms with Gasteiger partial charge in [0.2, 0.25) is 0 Å². The minimum atomic E-state index is -0.595. The summed E-state index contributed by atoms with van der Waals surface area (Å²) in [6.07, 6.45) is 0. The lowest BCUT2D eigenvalue weighted by molar-refractivity contribution is -0.384. The molecule has 10 heteroatoms. The van der Waals surface area contributed by atoms with Gasteiger partial charge in [0.05, 0.1) is 21.2 Å². The van der Waals surface area contributed by atoms with Crippen molar-refractivity contribution in [1.82, 2.24) is 14.8 Å². The number of nitrogens with one attached hydrogen (secondary N) is 2. The van der Waals surface area contributed by atoms with Crippen LogP contribution in [0.25, 0.3) is 5.82 Å². The summed E-state index contributed by atoms with van der Waals surface area (Å²) >= 11 is 6.02. The van der Waals surface area contributed by atoms with Crippen molar-refractivity contribution in [2.75, 3.05) is 5.32 Å². The molecule has 2 N–H and O–H groups in total. The Morgan fingerprint density at radius 3 is 2.57 bits per heavy atom. The lowest BCUT2D eigenvalue weighted by Crippen LogP contribution is -2.19. The molecule has 0 saturated carbocycles. The van der Waals surface area contributed by atoms with Crippen LogP contribution in [-0.2, 0) is 0 Å². The van der Waals surface area contributed by atoms with Gasteiger partial charge in [-0.1, -0.05) is 11.6 Å². The van der Waals surface area contributed by atoms with Gasteiger partial charge in [-0.3, -0.25) is 19.7 Å². The first-order valence-electron chi connectivity index (χ1n) is 8.20. The number of rotatable bonds is 4. The number of benzene rings is 1. The molecule has 28 heavy (non-hydrogen) atoms. The number of amides is 1. The fraction of sp³-hybridized carbons (Fsp3) is 0.167. The third-order valence-corrected chi connectivity index (χ3v) is 4.55. The molecular formula is C18H16ClN5O4. The number of anilines is 1. The maximum Gasteiger partial charge on any atom is 0.270 e. The number of aryl methyl sites for hydroxylation is 2. The van der Waals surface area contributed by atoms with Crippen LogP contribution in [-0.4, -0.2) is 25.6 Å². The summed E-state index contributed by atoms with van der Waals surface area (Å²) in [7, 11) is 0. The number of halogens is 1. The molecule has 1 amide bonds. The molecule has 3 aromatic rings. The molecular weight excluding hydrogens is 386 g/mol. The van der Waals surface area contributed by atoms with E-state index in [1.165, 1.54) is 16.8 Å². The molecule has 0 bridgehead atoms. The second-order valence-corrected chi connectivity index (χ2v) is 6.66. The van der Waals surface area contributed by atoms with Crippen LogP contribution in [0.2, 0.25) is 5.02 Å². The highest BCUT2D eigenvalue weighted by Crippen LogP contribution is 2.24. The summed E-state index contributed by atoms with van der Waals surface area (Å²) in [5.41, 5.74) is 1.60. The van der Waals surface area contributed by atoms with E-state index in [1.807, 2.05) is 0 Å². The van der Waals surface area contributed by atoms with Crippen LogP contribution in [0.3, 0.4) is 0 Å². The number of H-pyrrole nitrogens is 1. The summed E-state index contributed by atoms with van der Waals surface area (Å²) in [4.78, 5) is 37.6. The smallest absolute Gasteiger partial charge is 0.270 e. The number of non-ortho nitro benzene ring substituents is 1. The Bertz CT molecular complexity index is 1170. The predicted molar refractivity (Wildman–Crippen MR) is 104 cm³/mol. The van der Waals surface area contributed by atoms with Crippen molar-refractivity contribution in [3.63, 3.8) is 0 Å². The quantitative estimate of drug-likeness (QED) is 0.512. The van der Waals surface area contributed by atoms with Crippen molar-refractivity contribution in [2.24, 2.45) is 0 Å². The van der Waals surface area contributed by atoms with Crippen LogP contribution in [0.1, 0.15) is 27.2 Å². The summed E-state index contributed by atoms with van der Waals surface area (Å²) < 4.78 is 1.40. The predicted octanol–water partition coefficient (Wildman–Crippen LogP) is 3.30. The zero-order chi connectivity index (χ0) is 20.6. The van der Waals surface area contributed by atoms with Crippen LogP contribution in [0, 0.1) is 30.9 Å². The first kappa shape index (κ1) is 19.3. The van der Waals surface area contributed by atoms with Gasteiger partial charge >= 0.3 is 0 Å². The highest BCUT2D eigenvalue weighted by molar-refractivity contribution is 6.34. The highest BCUT2D eigenvalue weighted by atomic mass is 35.5. The van der Waals surface area contributed by atoms with Gasteiger partial charge in [0.1, 0.15) is 11.6 Å². The van der Waals surface area contributed by atoms with Crippen LogP contribution in [0.15, 0.2) is 35.1 Å². The van der Waals surface area contributed by atoms with Gasteiger partial charge in [-0.15, -0.1) is 0 Å². The van der Waals surface area contributed by atoms with Gasteiger partial charge in [0.15, 0.2) is 0 Å². The van der Waals surface area contributed by atoms with Gasteiger partial charge in [0, 0.05) is 23.8 Å². The Hall–Kier alpha value is -3.46. The fourth-order valence-corrected chi connectivity index (χ4v) is 2.87. The minimum absolute atomic E-state index is 0.0472. The number of nitro benzene ring substituents is 1. The van der Waals surface area contributed by atoms with Crippen molar-refractivity contribution in [2.45, 2.75) is 20.8 Å². The van der Waals surface area contributed by atoms with Crippen LogP contribution in [0.4, 0.5) is 11.5 Å². The second kappa shape index (κ2) is 7.28. The molecule has 0 atom stereocenters. The molecule has 0 spiro atoms. The van der Waals surface area contributed by atoms with E-state index in [4.69, 9.17) is 11.6 Å². The van der Waals surface area contributed by atoms with E-state index in [1.54, 1.807) is 32.9 Å². The number of hydrogen-bond acceptors (Lipinski definition) is 5. The monoisotopic (exact) mass is 401 g/mol. The minimum Gasteiger partial charge on any atom is -0.307 e. The number of aromatic amines is 1. The van der Waals surface area contributed by atoms with E-state index >= 15 is 0 Å². The van der Waals surface area contributed by atoms with Gasteiger partial charge in [0.25, 0.3) is 17.2 Å². The van der Waals surface area contributed by atoms with Crippen LogP contribution in [0.5, 0.6) is 0 Å². The number of nitro groups is 1. The Kier molecular flexibility index (Phi) is 5.02. The molecule has 3 rings (SSSR count). The van der Waals surface area contributed by atoms with Crippen molar-refractivity contribution in [1.29, 1.82) is 0 Å². The lowest BCUT2D eigenvalue weighted by atomic mass is 10.2. The molecule has 1 aromatic carbocycles. The van der Waals surface area contributed by atoms with Crippen molar-refractivity contribution in [3.05, 3.63) is 78.2 Å². The normalized spacial score (nSPS) is 10.7. The number of carbonyl (C=O) groups is 1. The average molecular weight is 402 g/mol. The van der Waals surface area contributed by atoms with Gasteiger partial charge in [-0.25, -0.2) is 4.68 Å². The summed E-state index contributed by atoms with van der Waals surface area (Å²) in [5.74, 6) is 0.148. The lowest BCUT2D eigenvalue weighted by Gasteiger charge is -2.11. The topological polar surface area (TPSA) is 123 Å². The van der Waals surface area contributed by atoms with E-state index in [9.17, 15) is 19.7 Å². The van der Waals surface area contributed by atoms with Gasteiger partial charge in [-0.2, -0.15) is 5.10 Å². The molecule has 0 unspecified atom stereocenters. The van der Waals surface area contributed by atoms with E-state index < -0.39 is 10.8 Å². The van der Waals surface area contributed by atoms with E-state index in [0.717, 1.165) is 11.6 Å². The average Bonchev–Trinajstić information content (AvgIpc) is 2.99. The standard InChI is InChI=1S/C18H16ClN5O4/c1-9-6-15(20-17(25)11(9)3)23-16(7-10(2)22-23)21-18(26)13-5-4-12(24(27)28)8-14(13)19/h4-8H,1-3H3,(H,20,25)(H,21,26). The van der Waals surface area contributed by atoms with E-state index in [0.29, 0.717) is 22.9 Å². The molecule has 0 saturated heterocycles. The summed E-state index contributed by atoms with van der Waals surface area (Å²) in [6, 6.07) is 6.97. The van der Waals surface area contributed by atoms with Crippen LogP contribution < -0.4 is 10.9 Å². The Balaban J connectivity index is 1.97. The SMILES string of the molecule is Cc1cc(NC(=O)c2ccc([N+](=O)[O-])cc2Cl)n(-c2cc(C)c(C)c(=O)[nH]2)n1. The van der Waals surface area contributed by atoms with Crippen LogP contribution >= 0.6 is 11.6 Å². The number of pyridine rings is 1. The molecule has 2 heterocycles. The first-order chi connectivity index (χ1) is 13.2. The number of carbonyl (C=O) groups excluding carboxylic acids is 1. The van der Waals surface area contributed by atoms with E-state index in [2.05, 4.69) is 15.4 Å². The molecule has 0 fully saturated rings. The Morgan fingerprint density at radius 1 is 1.25 bits per heavy atom. The number of hydrogen-bond donors (Lipinski definition) is 2. The van der Waals surface area contributed by atoms with Gasteiger partial charge < -0.3 is 10.3 Å². The maximum absolute atomic E-state index is 12.6. The Labute approximate surface area is 164 Å². The molecule has 0 aliphatic carbocycles. The number of aromatic nitrogens is 3. The first-order valence-corrected chi connectivity index (χ1v) is 8.58. The van der Waals surface area contributed by atoms with Crippen molar-refractivity contribution < 1.29 is 9.72 Å². The molecule has 2 aromatic heterocycles. The zero-order valence-corrected chi connectivity index (χ0v) is 16.0. The number of nitrogens with zero attached hydrogens (tertiary/aromatic N) is 3. The third-order valence-electron chi connectivity index (χ3n) is 4.24. The van der Waals surface area contributed by atoms with Gasteiger partial charge in [-0.05, 0) is 38.5 Å². The van der Waals surface area contributed by atoms with E-state index in [-0.39, 0.29) is 21.8 Å². The second-order valence-electron chi connectivity index (χ2n) is 6.25. The largest absolute Gasteiger partial charge is 0.307 e. The molecule has 0 aliphatic heterocycles. The molecule has 0 aliphatic rings.